The van der Waals surface area contributed by atoms with Gasteiger partial charge in [0.25, 0.3) is 5.91 Å². The Balaban J connectivity index is 1.44. The summed E-state index contributed by atoms with van der Waals surface area (Å²) in [5.74, 6) is 1.88. The maximum Gasteiger partial charge on any atom is 0.255 e. The predicted molar refractivity (Wildman–Crippen MR) is 116 cm³/mol. The van der Waals surface area contributed by atoms with Gasteiger partial charge in [-0.1, -0.05) is 12.1 Å². The summed E-state index contributed by atoms with van der Waals surface area (Å²) in [6.45, 7) is 2.08. The summed E-state index contributed by atoms with van der Waals surface area (Å²) < 4.78 is 10.5. The molecule has 0 bridgehead atoms. The second-order valence-corrected chi connectivity index (χ2v) is 7.07. The number of carbonyl (C=O) groups is 1. The first-order chi connectivity index (χ1) is 14.7. The van der Waals surface area contributed by atoms with Gasteiger partial charge >= 0.3 is 0 Å². The van der Waals surface area contributed by atoms with Crippen molar-refractivity contribution in [1.29, 1.82) is 0 Å². The Labute approximate surface area is 175 Å². The third-order valence-corrected chi connectivity index (χ3v) is 5.16. The first kappa shape index (κ1) is 19.7. The van der Waals surface area contributed by atoms with Crippen LogP contribution in [0.15, 0.2) is 54.6 Å². The van der Waals surface area contributed by atoms with Crippen LogP contribution in [0.4, 0.5) is 11.5 Å². The molecule has 1 aromatic heterocycles. The summed E-state index contributed by atoms with van der Waals surface area (Å²) in [7, 11) is 3.13. The van der Waals surface area contributed by atoms with Gasteiger partial charge in [0.2, 0.25) is 0 Å². The number of hydrogen-bond donors (Lipinski definition) is 1. The zero-order valence-electron chi connectivity index (χ0n) is 17.1. The summed E-state index contributed by atoms with van der Waals surface area (Å²) in [6.07, 6.45) is 2.41. The second-order valence-electron chi connectivity index (χ2n) is 7.07. The predicted octanol–water partition coefficient (Wildman–Crippen LogP) is 4.01. The molecule has 1 aliphatic heterocycles. The van der Waals surface area contributed by atoms with Crippen molar-refractivity contribution in [2.24, 2.45) is 0 Å². The van der Waals surface area contributed by atoms with E-state index in [-0.39, 0.29) is 5.91 Å². The van der Waals surface area contributed by atoms with E-state index in [1.807, 2.05) is 24.3 Å². The first-order valence-electron chi connectivity index (χ1n) is 9.90. The Morgan fingerprint density at radius 3 is 2.27 bits per heavy atom. The molecular weight excluding hydrogens is 380 g/mol. The fraction of sp³-hybridized carbons (Fsp3) is 0.261. The summed E-state index contributed by atoms with van der Waals surface area (Å²) in [6, 6.07) is 16.5. The number of ether oxygens (including phenoxy) is 2. The highest BCUT2D eigenvalue weighted by molar-refractivity contribution is 6.04. The van der Waals surface area contributed by atoms with Gasteiger partial charge in [0.15, 0.2) is 17.3 Å². The van der Waals surface area contributed by atoms with E-state index >= 15 is 0 Å². The second kappa shape index (κ2) is 8.82. The van der Waals surface area contributed by atoms with E-state index in [0.29, 0.717) is 22.7 Å². The molecule has 0 radical (unpaired) electrons. The standard InChI is InChI=1S/C23H24N4O3/c1-29-20-11-9-18(15-21(20)30-2)24-23(28)17-7-5-16(6-8-17)19-10-12-22(26-25-19)27-13-3-4-14-27/h5-12,15H,3-4,13-14H2,1-2H3,(H,24,28). The van der Waals surface area contributed by atoms with Crippen LogP contribution in [0.1, 0.15) is 23.2 Å². The minimum Gasteiger partial charge on any atom is -0.493 e. The van der Waals surface area contributed by atoms with E-state index in [0.717, 1.165) is 30.2 Å². The number of anilines is 2. The molecule has 0 spiro atoms. The molecule has 2 heterocycles. The number of aromatic nitrogens is 2. The Morgan fingerprint density at radius 2 is 1.63 bits per heavy atom. The summed E-state index contributed by atoms with van der Waals surface area (Å²) in [4.78, 5) is 14.8. The van der Waals surface area contributed by atoms with Crippen LogP contribution < -0.4 is 19.7 Å². The molecule has 30 heavy (non-hydrogen) atoms. The molecule has 0 unspecified atom stereocenters. The van der Waals surface area contributed by atoms with Gasteiger partial charge in [0.1, 0.15) is 0 Å². The highest BCUT2D eigenvalue weighted by Crippen LogP contribution is 2.30. The third-order valence-electron chi connectivity index (χ3n) is 5.16. The monoisotopic (exact) mass is 404 g/mol. The molecule has 1 aliphatic rings. The zero-order chi connectivity index (χ0) is 20.9. The smallest absolute Gasteiger partial charge is 0.255 e. The van der Waals surface area contributed by atoms with Gasteiger partial charge < -0.3 is 19.7 Å². The van der Waals surface area contributed by atoms with Crippen molar-refractivity contribution in [1.82, 2.24) is 10.2 Å². The van der Waals surface area contributed by atoms with E-state index in [4.69, 9.17) is 9.47 Å². The number of nitrogens with one attached hydrogen (secondary N) is 1. The molecule has 0 aliphatic carbocycles. The van der Waals surface area contributed by atoms with Crippen LogP contribution in [0.3, 0.4) is 0 Å². The van der Waals surface area contributed by atoms with E-state index in [9.17, 15) is 4.79 Å². The van der Waals surface area contributed by atoms with Crippen LogP contribution in [0.5, 0.6) is 11.5 Å². The molecule has 154 valence electrons. The van der Waals surface area contributed by atoms with Crippen LogP contribution in [-0.4, -0.2) is 43.4 Å². The molecule has 0 saturated carbocycles. The fourth-order valence-corrected chi connectivity index (χ4v) is 3.50. The number of carbonyl (C=O) groups excluding carboxylic acids is 1. The Kier molecular flexibility index (Phi) is 5.79. The molecule has 2 aromatic carbocycles. The number of rotatable bonds is 6. The zero-order valence-corrected chi connectivity index (χ0v) is 17.1. The van der Waals surface area contributed by atoms with Crippen molar-refractivity contribution in [3.63, 3.8) is 0 Å². The molecule has 1 fully saturated rings. The van der Waals surface area contributed by atoms with Crippen LogP contribution in [0, 0.1) is 0 Å². The van der Waals surface area contributed by atoms with Gasteiger partial charge in [0, 0.05) is 36.0 Å². The van der Waals surface area contributed by atoms with Crippen molar-refractivity contribution in [2.45, 2.75) is 12.8 Å². The lowest BCUT2D eigenvalue weighted by atomic mass is 10.1. The Morgan fingerprint density at radius 1 is 0.900 bits per heavy atom. The van der Waals surface area contributed by atoms with Gasteiger partial charge in [-0.15, -0.1) is 10.2 Å². The van der Waals surface area contributed by atoms with Crippen LogP contribution in [0.25, 0.3) is 11.3 Å². The minimum absolute atomic E-state index is 0.204. The highest BCUT2D eigenvalue weighted by Gasteiger charge is 2.14. The number of hydrogen-bond acceptors (Lipinski definition) is 6. The average Bonchev–Trinajstić information content (AvgIpc) is 3.34. The Bertz CT molecular complexity index is 1010. The van der Waals surface area contributed by atoms with Crippen LogP contribution in [-0.2, 0) is 0 Å². The van der Waals surface area contributed by atoms with Gasteiger partial charge in [-0.25, -0.2) is 0 Å². The molecule has 1 amide bonds. The molecule has 1 saturated heterocycles. The minimum atomic E-state index is -0.204. The topological polar surface area (TPSA) is 76.6 Å². The number of amides is 1. The van der Waals surface area contributed by atoms with E-state index in [2.05, 4.69) is 20.4 Å². The maximum atomic E-state index is 12.6. The van der Waals surface area contributed by atoms with E-state index < -0.39 is 0 Å². The third kappa shape index (κ3) is 4.20. The first-order valence-corrected chi connectivity index (χ1v) is 9.90. The Hall–Kier alpha value is -3.61. The van der Waals surface area contributed by atoms with Crippen molar-refractivity contribution in [3.8, 4) is 22.8 Å². The quantitative estimate of drug-likeness (QED) is 0.669. The van der Waals surface area contributed by atoms with Gasteiger partial charge in [-0.3, -0.25) is 4.79 Å². The number of nitrogens with zero attached hydrogens (tertiary/aromatic N) is 3. The summed E-state index contributed by atoms with van der Waals surface area (Å²) in [5.41, 5.74) is 2.88. The largest absolute Gasteiger partial charge is 0.493 e. The molecule has 7 heteroatoms. The molecule has 7 nitrogen and oxygen atoms in total. The molecular formula is C23H24N4O3. The average molecular weight is 404 g/mol. The molecule has 4 rings (SSSR count). The van der Waals surface area contributed by atoms with Crippen LogP contribution >= 0.6 is 0 Å². The highest BCUT2D eigenvalue weighted by atomic mass is 16.5. The lowest BCUT2D eigenvalue weighted by Gasteiger charge is -2.15. The number of methoxy groups -OCH3 is 2. The van der Waals surface area contributed by atoms with Gasteiger partial charge in [0.05, 0.1) is 19.9 Å². The normalized spacial score (nSPS) is 13.2. The van der Waals surface area contributed by atoms with Crippen LogP contribution in [0.2, 0.25) is 0 Å². The van der Waals surface area contributed by atoms with Gasteiger partial charge in [-0.2, -0.15) is 0 Å². The van der Waals surface area contributed by atoms with E-state index in [1.165, 1.54) is 12.8 Å². The molecule has 1 N–H and O–H groups in total. The molecule has 3 aromatic rings. The van der Waals surface area contributed by atoms with Gasteiger partial charge in [-0.05, 0) is 49.2 Å². The van der Waals surface area contributed by atoms with Crippen molar-refractivity contribution < 1.29 is 14.3 Å². The van der Waals surface area contributed by atoms with E-state index in [1.54, 1.807) is 44.6 Å². The SMILES string of the molecule is COc1ccc(NC(=O)c2ccc(-c3ccc(N4CCCC4)nn3)cc2)cc1OC. The summed E-state index contributed by atoms with van der Waals surface area (Å²) >= 11 is 0. The maximum absolute atomic E-state index is 12.6. The van der Waals surface area contributed by atoms with Crippen molar-refractivity contribution >= 4 is 17.4 Å². The number of benzene rings is 2. The molecule has 0 atom stereocenters. The van der Waals surface area contributed by atoms with Crippen molar-refractivity contribution in [3.05, 3.63) is 60.2 Å². The van der Waals surface area contributed by atoms with Crippen molar-refractivity contribution in [2.75, 3.05) is 37.5 Å². The lowest BCUT2D eigenvalue weighted by Crippen LogP contribution is -2.19. The lowest BCUT2D eigenvalue weighted by molar-refractivity contribution is 0.102. The summed E-state index contributed by atoms with van der Waals surface area (Å²) in [5, 5.41) is 11.6. The fourth-order valence-electron chi connectivity index (χ4n) is 3.50.